The van der Waals surface area contributed by atoms with Gasteiger partial charge in [0.05, 0.1) is 16.5 Å². The number of hydrogen-bond acceptors (Lipinski definition) is 4. The number of amides is 1. The molecule has 1 aliphatic carbocycles. The normalized spacial score (nSPS) is 20.8. The average molecular weight is 401 g/mol. The maximum absolute atomic E-state index is 12.6. The van der Waals surface area contributed by atoms with Crippen molar-refractivity contribution in [1.29, 1.82) is 0 Å². The van der Waals surface area contributed by atoms with Crippen molar-refractivity contribution in [1.82, 2.24) is 9.62 Å². The summed E-state index contributed by atoms with van der Waals surface area (Å²) in [5, 5.41) is 0.382. The molecule has 1 saturated carbocycles. The Bertz CT molecular complexity index is 764. The molecule has 0 radical (unpaired) electrons. The van der Waals surface area contributed by atoms with Gasteiger partial charge in [-0.2, -0.15) is 0 Å². The minimum Gasteiger partial charge on any atom is -0.492 e. The maximum atomic E-state index is 12.6. The molecular weight excluding hydrogens is 376 g/mol. The van der Waals surface area contributed by atoms with E-state index >= 15 is 0 Å². The molecule has 1 aromatic carbocycles. The number of rotatable bonds is 7. The lowest BCUT2D eigenvalue weighted by Crippen LogP contribution is -2.44. The lowest BCUT2D eigenvalue weighted by molar-refractivity contribution is -0.134. The number of hydrogen-bond donors (Lipinski definition) is 1. The number of ether oxygens (including phenoxy) is 1. The summed E-state index contributed by atoms with van der Waals surface area (Å²) >= 11 is 6.02. The molecule has 144 valence electrons. The smallest absolute Gasteiger partial charge is 0.240 e. The predicted octanol–water partition coefficient (Wildman–Crippen LogP) is 2.67. The molecule has 3 rings (SSSR count). The summed E-state index contributed by atoms with van der Waals surface area (Å²) in [5.41, 5.74) is 0. The molecular formula is C18H25ClN2O4S. The molecule has 2 fully saturated rings. The first kappa shape index (κ1) is 19.5. The molecule has 1 aliphatic heterocycles. The quantitative estimate of drug-likeness (QED) is 0.763. The van der Waals surface area contributed by atoms with Crippen molar-refractivity contribution in [3.8, 4) is 5.75 Å². The van der Waals surface area contributed by atoms with Gasteiger partial charge in [-0.1, -0.05) is 11.6 Å². The van der Waals surface area contributed by atoms with E-state index in [4.69, 9.17) is 16.3 Å². The summed E-state index contributed by atoms with van der Waals surface area (Å²) in [6.07, 6.45) is 3.82. The third-order valence-corrected chi connectivity index (χ3v) is 6.57. The van der Waals surface area contributed by atoms with Gasteiger partial charge in [-0.3, -0.25) is 4.79 Å². The Morgan fingerprint density at radius 1 is 1.35 bits per heavy atom. The van der Waals surface area contributed by atoms with Crippen LogP contribution in [0.5, 0.6) is 5.75 Å². The predicted molar refractivity (Wildman–Crippen MR) is 99.8 cm³/mol. The number of carbonyl (C=O) groups excluding carboxylic acids is 1. The molecule has 0 aromatic heterocycles. The second-order valence-corrected chi connectivity index (χ2v) is 9.12. The average Bonchev–Trinajstić information content (AvgIpc) is 3.47. The molecule has 1 aromatic rings. The molecule has 1 saturated heterocycles. The van der Waals surface area contributed by atoms with Crippen molar-refractivity contribution in [3.05, 3.63) is 23.2 Å². The second-order valence-electron chi connectivity index (χ2n) is 6.94. The topological polar surface area (TPSA) is 75.7 Å². The van der Waals surface area contributed by atoms with Crippen molar-refractivity contribution in [2.75, 3.05) is 26.2 Å². The van der Waals surface area contributed by atoms with Gasteiger partial charge in [-0.25, -0.2) is 13.1 Å². The Labute approximate surface area is 159 Å². The molecule has 6 nitrogen and oxygen atoms in total. The fraction of sp³-hybridized carbons (Fsp3) is 0.611. The van der Waals surface area contributed by atoms with Crippen molar-refractivity contribution < 1.29 is 17.9 Å². The highest BCUT2D eigenvalue weighted by atomic mass is 35.5. The Morgan fingerprint density at radius 2 is 2.12 bits per heavy atom. The molecule has 1 atom stereocenters. The van der Waals surface area contributed by atoms with E-state index in [0.29, 0.717) is 30.5 Å². The molecule has 1 N–H and O–H groups in total. The monoisotopic (exact) mass is 400 g/mol. The van der Waals surface area contributed by atoms with E-state index in [1.807, 2.05) is 11.8 Å². The highest BCUT2D eigenvalue weighted by Gasteiger charge is 2.35. The summed E-state index contributed by atoms with van der Waals surface area (Å²) in [4.78, 5) is 14.3. The number of carbonyl (C=O) groups is 1. The number of sulfonamides is 1. The largest absolute Gasteiger partial charge is 0.492 e. The summed E-state index contributed by atoms with van der Waals surface area (Å²) in [6, 6.07) is 4.44. The summed E-state index contributed by atoms with van der Waals surface area (Å²) in [5.74, 6) is 0.934. The summed E-state index contributed by atoms with van der Waals surface area (Å²) < 4.78 is 33.2. The first-order valence-corrected chi connectivity index (χ1v) is 11.0. The standard InChI is InChI=1S/C18H25ClN2O4S/c1-2-25-17-10-15(7-8-16(17)19)26(23,24)20-11-13-4-3-9-21(12-13)18(22)14-5-6-14/h7-8,10,13-14,20H,2-6,9,11-12H2,1H3/t13-/m0/s1. The molecule has 2 aliphatic rings. The summed E-state index contributed by atoms with van der Waals surface area (Å²) in [7, 11) is -3.65. The third kappa shape index (κ3) is 4.69. The molecule has 1 amide bonds. The van der Waals surface area contributed by atoms with Gasteiger partial charge in [0.15, 0.2) is 0 Å². The van der Waals surface area contributed by atoms with E-state index in [2.05, 4.69) is 4.72 Å². The van der Waals surface area contributed by atoms with Crippen molar-refractivity contribution in [2.45, 2.75) is 37.5 Å². The van der Waals surface area contributed by atoms with Crippen LogP contribution < -0.4 is 9.46 Å². The molecule has 0 spiro atoms. The fourth-order valence-electron chi connectivity index (χ4n) is 3.25. The van der Waals surface area contributed by atoms with Crippen LogP contribution in [0.3, 0.4) is 0 Å². The Balaban J connectivity index is 1.61. The molecule has 0 unspecified atom stereocenters. The number of benzene rings is 1. The van der Waals surface area contributed by atoms with E-state index in [-0.39, 0.29) is 22.6 Å². The van der Waals surface area contributed by atoms with Crippen LogP contribution in [0.15, 0.2) is 23.1 Å². The molecule has 0 bridgehead atoms. The third-order valence-electron chi connectivity index (χ3n) is 4.83. The van der Waals surface area contributed by atoms with Gasteiger partial charge in [0.2, 0.25) is 15.9 Å². The van der Waals surface area contributed by atoms with E-state index < -0.39 is 10.0 Å². The fourth-order valence-corrected chi connectivity index (χ4v) is 4.55. The zero-order valence-electron chi connectivity index (χ0n) is 14.9. The maximum Gasteiger partial charge on any atom is 0.240 e. The van der Waals surface area contributed by atoms with Crippen molar-refractivity contribution in [2.24, 2.45) is 11.8 Å². The van der Waals surface area contributed by atoms with Crippen LogP contribution in [-0.2, 0) is 14.8 Å². The van der Waals surface area contributed by atoms with Gasteiger partial charge in [0.1, 0.15) is 5.75 Å². The lowest BCUT2D eigenvalue weighted by Gasteiger charge is -2.33. The van der Waals surface area contributed by atoms with Crippen molar-refractivity contribution in [3.63, 3.8) is 0 Å². The van der Waals surface area contributed by atoms with E-state index in [0.717, 1.165) is 32.2 Å². The SMILES string of the molecule is CCOc1cc(S(=O)(=O)NC[C@@H]2CCCN(C(=O)C3CC3)C2)ccc1Cl. The Kier molecular flexibility index (Phi) is 6.10. The van der Waals surface area contributed by atoms with Gasteiger partial charge in [-0.15, -0.1) is 0 Å². The number of nitrogens with one attached hydrogen (secondary N) is 1. The minimum absolute atomic E-state index is 0.132. The van der Waals surface area contributed by atoms with Gasteiger partial charge in [-0.05, 0) is 50.7 Å². The van der Waals surface area contributed by atoms with Crippen LogP contribution >= 0.6 is 11.6 Å². The first-order valence-electron chi connectivity index (χ1n) is 9.11. The zero-order valence-corrected chi connectivity index (χ0v) is 16.5. The highest BCUT2D eigenvalue weighted by molar-refractivity contribution is 7.89. The van der Waals surface area contributed by atoms with Crippen LogP contribution in [0.25, 0.3) is 0 Å². The van der Waals surface area contributed by atoms with E-state index in [1.165, 1.54) is 18.2 Å². The highest BCUT2D eigenvalue weighted by Crippen LogP contribution is 2.32. The van der Waals surface area contributed by atoms with Gasteiger partial charge >= 0.3 is 0 Å². The van der Waals surface area contributed by atoms with Gasteiger partial charge in [0, 0.05) is 31.6 Å². The van der Waals surface area contributed by atoms with Crippen LogP contribution in [0.4, 0.5) is 0 Å². The van der Waals surface area contributed by atoms with Crippen LogP contribution in [0, 0.1) is 11.8 Å². The van der Waals surface area contributed by atoms with E-state index in [9.17, 15) is 13.2 Å². The van der Waals surface area contributed by atoms with Crippen LogP contribution in [0.2, 0.25) is 5.02 Å². The van der Waals surface area contributed by atoms with Crippen LogP contribution in [0.1, 0.15) is 32.6 Å². The zero-order chi connectivity index (χ0) is 18.7. The van der Waals surface area contributed by atoms with Crippen LogP contribution in [-0.4, -0.2) is 45.5 Å². The number of halogens is 1. The number of piperidine rings is 1. The molecule has 1 heterocycles. The first-order chi connectivity index (χ1) is 12.4. The Hall–Kier alpha value is -1.31. The second kappa shape index (κ2) is 8.15. The number of likely N-dealkylation sites (tertiary alicyclic amines) is 1. The van der Waals surface area contributed by atoms with Crippen molar-refractivity contribution >= 4 is 27.5 Å². The minimum atomic E-state index is -3.65. The van der Waals surface area contributed by atoms with Gasteiger partial charge in [0.25, 0.3) is 0 Å². The lowest BCUT2D eigenvalue weighted by atomic mass is 9.98. The Morgan fingerprint density at radius 3 is 2.81 bits per heavy atom. The molecule has 26 heavy (non-hydrogen) atoms. The summed E-state index contributed by atoms with van der Waals surface area (Å²) in [6.45, 7) is 3.95. The van der Waals surface area contributed by atoms with Gasteiger partial charge < -0.3 is 9.64 Å². The molecule has 8 heteroatoms. The number of nitrogens with zero attached hydrogens (tertiary/aromatic N) is 1. The van der Waals surface area contributed by atoms with E-state index in [1.54, 1.807) is 0 Å².